The fraction of sp³-hybridized carbons (Fsp3) is 0.458. The van der Waals surface area contributed by atoms with Gasteiger partial charge in [0.25, 0.3) is 11.8 Å². The highest BCUT2D eigenvalue weighted by Crippen LogP contribution is 2.17. The summed E-state index contributed by atoms with van der Waals surface area (Å²) in [5, 5.41) is 2.75. The molecule has 0 aliphatic carbocycles. The van der Waals surface area contributed by atoms with E-state index in [-0.39, 0.29) is 29.5 Å². The van der Waals surface area contributed by atoms with Gasteiger partial charge in [0.1, 0.15) is 0 Å². The molecule has 1 atom stereocenters. The van der Waals surface area contributed by atoms with Crippen LogP contribution in [0.5, 0.6) is 0 Å². The molecule has 0 bridgehead atoms. The maximum absolute atomic E-state index is 12.9. The van der Waals surface area contributed by atoms with Crippen molar-refractivity contribution in [2.24, 2.45) is 0 Å². The van der Waals surface area contributed by atoms with Gasteiger partial charge in [-0.2, -0.15) is 0 Å². The van der Waals surface area contributed by atoms with Gasteiger partial charge in [-0.25, -0.2) is 0 Å². The third-order valence-corrected chi connectivity index (χ3v) is 6.31. The zero-order valence-corrected chi connectivity index (χ0v) is 18.5. The standard InChI is InChI=1S/C24H30N4O4/c1-18(23(30)27-11-3-2-4-12-27)26-13-15-28(16-14-26)24(31)19-7-9-20(10-8-19)25-22(29)21-6-5-17-32-21/h5-10,17-18H,2-4,11-16H2,1H3,(H,25,29). The summed E-state index contributed by atoms with van der Waals surface area (Å²) in [5.74, 6) is 0.0645. The lowest BCUT2D eigenvalue weighted by atomic mass is 10.1. The largest absolute Gasteiger partial charge is 0.459 e. The number of hydrogen-bond acceptors (Lipinski definition) is 5. The average molecular weight is 439 g/mol. The maximum atomic E-state index is 12.9. The fourth-order valence-corrected chi connectivity index (χ4v) is 4.33. The second-order valence-corrected chi connectivity index (χ2v) is 8.40. The second-order valence-electron chi connectivity index (χ2n) is 8.40. The van der Waals surface area contributed by atoms with E-state index in [2.05, 4.69) is 10.2 Å². The highest BCUT2D eigenvalue weighted by Gasteiger charge is 2.30. The van der Waals surface area contributed by atoms with Crippen molar-refractivity contribution in [3.8, 4) is 0 Å². The second kappa shape index (κ2) is 9.99. The van der Waals surface area contributed by atoms with Crippen molar-refractivity contribution in [2.75, 3.05) is 44.6 Å². The van der Waals surface area contributed by atoms with Crippen molar-refractivity contribution in [1.29, 1.82) is 0 Å². The zero-order chi connectivity index (χ0) is 22.5. The summed E-state index contributed by atoms with van der Waals surface area (Å²) in [6.07, 6.45) is 4.83. The van der Waals surface area contributed by atoms with E-state index >= 15 is 0 Å². The zero-order valence-electron chi connectivity index (χ0n) is 18.5. The van der Waals surface area contributed by atoms with Crippen LogP contribution < -0.4 is 5.32 Å². The van der Waals surface area contributed by atoms with Crippen molar-refractivity contribution in [1.82, 2.24) is 14.7 Å². The fourth-order valence-electron chi connectivity index (χ4n) is 4.33. The third kappa shape index (κ3) is 5.02. The normalized spacial score (nSPS) is 18.3. The molecule has 0 saturated carbocycles. The van der Waals surface area contributed by atoms with E-state index in [1.807, 2.05) is 16.7 Å². The topological polar surface area (TPSA) is 86.1 Å². The van der Waals surface area contributed by atoms with Crippen LogP contribution in [0.4, 0.5) is 5.69 Å². The molecule has 1 unspecified atom stereocenters. The van der Waals surface area contributed by atoms with Crippen molar-refractivity contribution in [3.63, 3.8) is 0 Å². The van der Waals surface area contributed by atoms with E-state index in [9.17, 15) is 14.4 Å². The van der Waals surface area contributed by atoms with Crippen LogP contribution in [0.1, 0.15) is 47.1 Å². The molecule has 2 aliphatic heterocycles. The van der Waals surface area contributed by atoms with Crippen LogP contribution in [0.2, 0.25) is 0 Å². The number of carbonyl (C=O) groups is 3. The third-order valence-electron chi connectivity index (χ3n) is 6.31. The first-order valence-corrected chi connectivity index (χ1v) is 11.3. The molecule has 2 saturated heterocycles. The van der Waals surface area contributed by atoms with Gasteiger partial charge >= 0.3 is 0 Å². The minimum absolute atomic E-state index is 0.0384. The van der Waals surface area contributed by atoms with Crippen molar-refractivity contribution in [2.45, 2.75) is 32.2 Å². The number of carbonyl (C=O) groups excluding carboxylic acids is 3. The van der Waals surface area contributed by atoms with Crippen LogP contribution in [-0.4, -0.2) is 77.7 Å². The maximum Gasteiger partial charge on any atom is 0.291 e. The number of amides is 3. The van der Waals surface area contributed by atoms with Gasteiger partial charge < -0.3 is 19.5 Å². The number of likely N-dealkylation sites (tertiary alicyclic amines) is 1. The minimum atomic E-state index is -0.335. The Morgan fingerprint density at radius 3 is 2.19 bits per heavy atom. The van der Waals surface area contributed by atoms with Crippen molar-refractivity contribution in [3.05, 3.63) is 54.0 Å². The molecule has 0 spiro atoms. The number of rotatable bonds is 5. The Bertz CT molecular complexity index is 927. The quantitative estimate of drug-likeness (QED) is 0.776. The minimum Gasteiger partial charge on any atom is -0.459 e. The Balaban J connectivity index is 1.28. The Hall–Kier alpha value is -3.13. The van der Waals surface area contributed by atoms with Gasteiger partial charge in [-0.3, -0.25) is 19.3 Å². The predicted molar refractivity (Wildman–Crippen MR) is 120 cm³/mol. The molecule has 170 valence electrons. The Morgan fingerprint density at radius 1 is 0.875 bits per heavy atom. The lowest BCUT2D eigenvalue weighted by Crippen LogP contribution is -2.56. The first-order valence-electron chi connectivity index (χ1n) is 11.3. The summed E-state index contributed by atoms with van der Waals surface area (Å²) in [5.41, 5.74) is 1.17. The molecule has 2 aliphatic rings. The molecule has 2 fully saturated rings. The van der Waals surface area contributed by atoms with Crippen molar-refractivity contribution < 1.29 is 18.8 Å². The lowest BCUT2D eigenvalue weighted by Gasteiger charge is -2.39. The molecular weight excluding hydrogens is 408 g/mol. The average Bonchev–Trinajstić information content (AvgIpc) is 3.39. The van der Waals surface area contributed by atoms with E-state index < -0.39 is 0 Å². The molecular formula is C24H30N4O4. The van der Waals surface area contributed by atoms with Crippen LogP contribution in [0, 0.1) is 0 Å². The molecule has 1 aromatic carbocycles. The highest BCUT2D eigenvalue weighted by atomic mass is 16.3. The summed E-state index contributed by atoms with van der Waals surface area (Å²) in [6, 6.07) is 9.95. The number of furan rings is 1. The highest BCUT2D eigenvalue weighted by molar-refractivity contribution is 6.02. The van der Waals surface area contributed by atoms with Gasteiger partial charge in [-0.05, 0) is 62.6 Å². The Kier molecular flexibility index (Phi) is 6.90. The molecule has 32 heavy (non-hydrogen) atoms. The van der Waals surface area contributed by atoms with Crippen LogP contribution >= 0.6 is 0 Å². The molecule has 4 rings (SSSR count). The number of nitrogens with zero attached hydrogens (tertiary/aromatic N) is 3. The summed E-state index contributed by atoms with van der Waals surface area (Å²) in [4.78, 5) is 43.7. The van der Waals surface area contributed by atoms with Gasteiger partial charge in [0.15, 0.2) is 5.76 Å². The van der Waals surface area contributed by atoms with E-state index in [0.717, 1.165) is 25.9 Å². The Morgan fingerprint density at radius 2 is 1.56 bits per heavy atom. The molecule has 1 aromatic heterocycles. The summed E-state index contributed by atoms with van der Waals surface area (Å²) in [7, 11) is 0. The number of benzene rings is 1. The first-order chi connectivity index (χ1) is 15.5. The number of anilines is 1. The SMILES string of the molecule is CC(C(=O)N1CCCCC1)N1CCN(C(=O)c2ccc(NC(=O)c3ccco3)cc2)CC1. The number of hydrogen-bond donors (Lipinski definition) is 1. The Labute approximate surface area is 188 Å². The number of piperidine rings is 1. The lowest BCUT2D eigenvalue weighted by molar-refractivity contribution is -0.137. The number of piperazine rings is 1. The van der Waals surface area contributed by atoms with Gasteiger partial charge in [0.05, 0.1) is 12.3 Å². The molecule has 8 heteroatoms. The van der Waals surface area contributed by atoms with E-state index in [1.54, 1.807) is 36.4 Å². The van der Waals surface area contributed by atoms with Crippen LogP contribution in [0.15, 0.2) is 47.1 Å². The van der Waals surface area contributed by atoms with Crippen LogP contribution in [0.3, 0.4) is 0 Å². The van der Waals surface area contributed by atoms with Gasteiger partial charge in [0.2, 0.25) is 5.91 Å². The van der Waals surface area contributed by atoms with Gasteiger partial charge in [-0.15, -0.1) is 0 Å². The van der Waals surface area contributed by atoms with Crippen LogP contribution in [0.25, 0.3) is 0 Å². The summed E-state index contributed by atoms with van der Waals surface area (Å²) < 4.78 is 5.08. The van der Waals surface area contributed by atoms with Gasteiger partial charge in [-0.1, -0.05) is 0 Å². The number of nitrogens with one attached hydrogen (secondary N) is 1. The van der Waals surface area contributed by atoms with Gasteiger partial charge in [0, 0.05) is 50.5 Å². The molecule has 3 amide bonds. The summed E-state index contributed by atoms with van der Waals surface area (Å²) in [6.45, 7) is 6.25. The molecule has 3 heterocycles. The summed E-state index contributed by atoms with van der Waals surface area (Å²) >= 11 is 0. The van der Waals surface area contributed by atoms with E-state index in [0.29, 0.717) is 37.4 Å². The van der Waals surface area contributed by atoms with Crippen LogP contribution in [-0.2, 0) is 4.79 Å². The molecule has 1 N–H and O–H groups in total. The molecule has 0 radical (unpaired) electrons. The van der Waals surface area contributed by atoms with E-state index in [1.165, 1.54) is 12.7 Å². The van der Waals surface area contributed by atoms with E-state index in [4.69, 9.17) is 4.42 Å². The smallest absolute Gasteiger partial charge is 0.291 e. The predicted octanol–water partition coefficient (Wildman–Crippen LogP) is 2.69. The first kappa shape index (κ1) is 22.1. The molecule has 8 nitrogen and oxygen atoms in total. The monoisotopic (exact) mass is 438 g/mol. The van der Waals surface area contributed by atoms with Crippen molar-refractivity contribution >= 4 is 23.4 Å². The molecule has 2 aromatic rings.